The van der Waals surface area contributed by atoms with Crippen molar-refractivity contribution < 1.29 is 27.5 Å². The summed E-state index contributed by atoms with van der Waals surface area (Å²) in [4.78, 5) is 53.2. The predicted molar refractivity (Wildman–Crippen MR) is 135 cm³/mol. The number of hydrogen-bond acceptors (Lipinski definition) is 7. The summed E-state index contributed by atoms with van der Waals surface area (Å²) in [5, 5.41) is 0. The van der Waals surface area contributed by atoms with Crippen LogP contribution in [-0.4, -0.2) is 58.6 Å². The lowest BCUT2D eigenvalue weighted by atomic mass is 10.1. The second-order valence-corrected chi connectivity index (χ2v) is 9.39. The topological polar surface area (TPSA) is 97.1 Å². The van der Waals surface area contributed by atoms with Gasteiger partial charge >= 0.3 is 23.7 Å². The molecule has 1 aromatic heterocycles. The highest BCUT2D eigenvalue weighted by Crippen LogP contribution is 2.33. The molecule has 0 radical (unpaired) electrons. The Morgan fingerprint density at radius 1 is 1.11 bits per heavy atom. The molecule has 0 spiro atoms. The first-order valence-electron chi connectivity index (χ1n) is 12.2. The van der Waals surface area contributed by atoms with Gasteiger partial charge in [0.2, 0.25) is 0 Å². The number of ether oxygens (including phenoxy) is 1. The van der Waals surface area contributed by atoms with Crippen LogP contribution in [0.15, 0.2) is 39.9 Å². The van der Waals surface area contributed by atoms with Crippen molar-refractivity contribution in [3.8, 4) is 0 Å². The third-order valence-corrected chi connectivity index (χ3v) is 6.25. The molecule has 38 heavy (non-hydrogen) atoms. The number of alkyl halides is 3. The Morgan fingerprint density at radius 3 is 2.37 bits per heavy atom. The smallest absolute Gasteiger partial charge is 0.463 e. The number of benzene rings is 1. The van der Waals surface area contributed by atoms with E-state index in [1.807, 2.05) is 30.3 Å². The molecule has 1 amide bonds. The van der Waals surface area contributed by atoms with Crippen LogP contribution in [0.2, 0.25) is 0 Å². The number of rotatable bonds is 10. The zero-order valence-corrected chi connectivity index (χ0v) is 21.8. The van der Waals surface area contributed by atoms with Crippen molar-refractivity contribution in [2.45, 2.75) is 58.5 Å². The summed E-state index contributed by atoms with van der Waals surface area (Å²) >= 11 is 0. The molecular formula is C25H32F3N5O5. The van der Waals surface area contributed by atoms with E-state index < -0.39 is 30.0 Å². The first-order valence-corrected chi connectivity index (χ1v) is 12.2. The van der Waals surface area contributed by atoms with Crippen LogP contribution in [-0.2, 0) is 34.5 Å². The minimum absolute atomic E-state index is 0.00609. The van der Waals surface area contributed by atoms with Crippen LogP contribution in [0, 0.1) is 0 Å². The first-order chi connectivity index (χ1) is 17.8. The molecule has 0 bridgehead atoms. The maximum absolute atomic E-state index is 13.6. The number of nitrogens with zero attached hydrogens (tertiary/aromatic N) is 5. The van der Waals surface area contributed by atoms with Crippen molar-refractivity contribution in [1.82, 2.24) is 14.0 Å². The monoisotopic (exact) mass is 539 g/mol. The summed E-state index contributed by atoms with van der Waals surface area (Å²) in [5.74, 6) is -2.26. The molecule has 0 aliphatic carbocycles. The molecule has 10 nitrogen and oxygen atoms in total. The van der Waals surface area contributed by atoms with Gasteiger partial charge in [-0.3, -0.25) is 23.5 Å². The first kappa shape index (κ1) is 28.8. The zero-order valence-electron chi connectivity index (χ0n) is 21.8. The van der Waals surface area contributed by atoms with E-state index in [9.17, 15) is 32.3 Å². The Labute approximate surface area is 217 Å². The normalized spacial score (nSPS) is 13.9. The van der Waals surface area contributed by atoms with Crippen LogP contribution in [0.1, 0.15) is 38.7 Å². The van der Waals surface area contributed by atoms with Gasteiger partial charge < -0.3 is 19.4 Å². The summed E-state index contributed by atoms with van der Waals surface area (Å²) in [5.41, 5.74) is -0.131. The average molecular weight is 540 g/mol. The lowest BCUT2D eigenvalue weighted by molar-refractivity contribution is -0.184. The molecule has 3 rings (SSSR count). The summed E-state index contributed by atoms with van der Waals surface area (Å²) < 4.78 is 46.4. The number of halogens is 3. The van der Waals surface area contributed by atoms with E-state index in [0.29, 0.717) is 24.2 Å². The SMILES string of the molecule is CC(=O)OC(C)CCCCn1c(=O)c2c(n(C)c1=O)N(CN(C)C(=O)C(F)(F)F)CN2Cc1ccccc1. The number of anilines is 2. The summed E-state index contributed by atoms with van der Waals surface area (Å²) in [6.07, 6.45) is -3.70. The average Bonchev–Trinajstić information content (AvgIpc) is 3.18. The Balaban J connectivity index is 1.92. The van der Waals surface area contributed by atoms with Gasteiger partial charge in [-0.25, -0.2) is 4.79 Å². The zero-order chi connectivity index (χ0) is 28.2. The van der Waals surface area contributed by atoms with Crippen molar-refractivity contribution in [1.29, 1.82) is 0 Å². The molecule has 208 valence electrons. The van der Waals surface area contributed by atoms with Gasteiger partial charge in [0.25, 0.3) is 5.56 Å². The van der Waals surface area contributed by atoms with Crippen molar-refractivity contribution in [2.24, 2.45) is 7.05 Å². The van der Waals surface area contributed by atoms with Crippen LogP contribution in [0.3, 0.4) is 0 Å². The van der Waals surface area contributed by atoms with Crippen molar-refractivity contribution in [3.63, 3.8) is 0 Å². The molecule has 1 aliphatic rings. The Hall–Kier alpha value is -3.77. The van der Waals surface area contributed by atoms with E-state index in [-0.39, 0.29) is 43.3 Å². The number of hydrogen-bond donors (Lipinski definition) is 0. The van der Waals surface area contributed by atoms with E-state index in [0.717, 1.165) is 17.2 Å². The van der Waals surface area contributed by atoms with Gasteiger partial charge in [0.15, 0.2) is 0 Å². The fraction of sp³-hybridized carbons (Fsp3) is 0.520. The molecule has 0 saturated carbocycles. The van der Waals surface area contributed by atoms with Crippen LogP contribution in [0.25, 0.3) is 0 Å². The van der Waals surface area contributed by atoms with Crippen LogP contribution in [0.5, 0.6) is 0 Å². The number of amides is 1. The molecule has 1 unspecified atom stereocenters. The molecule has 0 fully saturated rings. The Kier molecular flexibility index (Phi) is 8.89. The molecular weight excluding hydrogens is 507 g/mol. The molecule has 2 heterocycles. The third kappa shape index (κ3) is 6.56. The lowest BCUT2D eigenvalue weighted by Gasteiger charge is -2.27. The summed E-state index contributed by atoms with van der Waals surface area (Å²) in [6.45, 7) is 3.02. The van der Waals surface area contributed by atoms with E-state index in [1.165, 1.54) is 23.4 Å². The van der Waals surface area contributed by atoms with Gasteiger partial charge in [0.1, 0.15) is 11.5 Å². The molecule has 1 atom stereocenters. The highest BCUT2D eigenvalue weighted by molar-refractivity contribution is 5.82. The fourth-order valence-electron chi connectivity index (χ4n) is 4.55. The number of esters is 1. The van der Waals surface area contributed by atoms with Gasteiger partial charge in [-0.1, -0.05) is 30.3 Å². The minimum atomic E-state index is -5.05. The van der Waals surface area contributed by atoms with Gasteiger partial charge in [0.05, 0.1) is 19.4 Å². The maximum Gasteiger partial charge on any atom is 0.471 e. The van der Waals surface area contributed by atoms with Gasteiger partial charge in [-0.15, -0.1) is 0 Å². The number of carbonyl (C=O) groups excluding carboxylic acids is 2. The highest BCUT2D eigenvalue weighted by atomic mass is 19.4. The van der Waals surface area contributed by atoms with Crippen molar-refractivity contribution in [3.05, 3.63) is 56.7 Å². The molecule has 0 N–H and O–H groups in total. The van der Waals surface area contributed by atoms with Gasteiger partial charge in [-0.05, 0) is 31.7 Å². The molecule has 13 heteroatoms. The Morgan fingerprint density at radius 2 is 1.76 bits per heavy atom. The van der Waals surface area contributed by atoms with E-state index in [2.05, 4.69) is 0 Å². The second kappa shape index (κ2) is 11.7. The number of carbonyl (C=O) groups is 2. The van der Waals surface area contributed by atoms with Crippen molar-refractivity contribution in [2.75, 3.05) is 30.2 Å². The number of unbranched alkanes of at least 4 members (excludes halogenated alkanes) is 1. The van der Waals surface area contributed by atoms with Crippen LogP contribution >= 0.6 is 0 Å². The van der Waals surface area contributed by atoms with E-state index >= 15 is 0 Å². The molecule has 1 aliphatic heterocycles. The van der Waals surface area contributed by atoms with Gasteiger partial charge in [-0.2, -0.15) is 13.2 Å². The second-order valence-electron chi connectivity index (χ2n) is 9.39. The fourth-order valence-corrected chi connectivity index (χ4v) is 4.55. The summed E-state index contributed by atoms with van der Waals surface area (Å²) in [7, 11) is 2.47. The Bertz CT molecular complexity index is 1280. The maximum atomic E-state index is 13.6. The van der Waals surface area contributed by atoms with E-state index in [1.54, 1.807) is 11.8 Å². The third-order valence-electron chi connectivity index (χ3n) is 6.25. The van der Waals surface area contributed by atoms with Crippen LogP contribution in [0.4, 0.5) is 24.7 Å². The number of fused-ring (bicyclic) bond motifs is 1. The van der Waals surface area contributed by atoms with Crippen LogP contribution < -0.4 is 21.0 Å². The largest absolute Gasteiger partial charge is 0.471 e. The minimum Gasteiger partial charge on any atom is -0.463 e. The molecule has 1 aromatic carbocycles. The summed E-state index contributed by atoms with van der Waals surface area (Å²) in [6, 6.07) is 9.20. The number of aromatic nitrogens is 2. The molecule has 0 saturated heterocycles. The van der Waals surface area contributed by atoms with Crippen molar-refractivity contribution >= 4 is 23.4 Å². The molecule has 2 aromatic rings. The predicted octanol–water partition coefficient (Wildman–Crippen LogP) is 2.43. The van der Waals surface area contributed by atoms with E-state index in [4.69, 9.17) is 4.74 Å². The van der Waals surface area contributed by atoms with Gasteiger partial charge in [0, 0.05) is 34.1 Å². The highest BCUT2D eigenvalue weighted by Gasteiger charge is 2.43. The quantitative estimate of drug-likeness (QED) is 0.338. The lowest BCUT2D eigenvalue weighted by Crippen LogP contribution is -2.46. The standard InChI is InChI=1S/C25H32F3N5O5/c1-17(38-18(2)34)10-8-9-13-33-22(35)20-21(30(4)24(33)37)32(15-29(3)23(36)25(26,27)28)16-31(20)14-19-11-6-5-7-12-19/h5-7,11-12,17H,8-10,13-16H2,1-4H3.